The smallest absolute Gasteiger partial charge is 0.255 e. The summed E-state index contributed by atoms with van der Waals surface area (Å²) in [6.45, 7) is 7.38. The van der Waals surface area contributed by atoms with Crippen molar-refractivity contribution in [1.29, 1.82) is 0 Å². The second-order valence-electron chi connectivity index (χ2n) is 6.89. The highest BCUT2D eigenvalue weighted by Crippen LogP contribution is 2.40. The van der Waals surface area contributed by atoms with E-state index < -0.39 is 0 Å². The number of amides is 1. The summed E-state index contributed by atoms with van der Waals surface area (Å²) in [6.07, 6.45) is 0.0962. The highest BCUT2D eigenvalue weighted by Gasteiger charge is 2.30. The molecule has 3 aromatic rings. The highest BCUT2D eigenvalue weighted by atomic mass is 16.5. The van der Waals surface area contributed by atoms with E-state index in [4.69, 9.17) is 4.74 Å². The lowest BCUT2D eigenvalue weighted by atomic mass is 9.97. The number of hydrogen-bond donors (Lipinski definition) is 1. The number of nitrogens with one attached hydrogen (secondary N) is 1. The molecule has 0 saturated heterocycles. The molecule has 2 atom stereocenters. The van der Waals surface area contributed by atoms with Gasteiger partial charge in [-0.2, -0.15) is 0 Å². The standard InChI is InChI=1S/C21H23N3O2/c1-13-14(2)26-20-16(13)7-6-8-17(20)21(25)22-11-12-24-15(3)23-18-9-4-5-10-19(18)24/h4-10,13-14H,11-12H2,1-3H3,(H,22,25)/t13-,14-/m0/s1. The van der Waals surface area contributed by atoms with E-state index in [0.29, 0.717) is 24.6 Å². The number of para-hydroxylation sites is 3. The summed E-state index contributed by atoms with van der Waals surface area (Å²) in [5.74, 6) is 1.89. The first-order chi connectivity index (χ1) is 12.6. The minimum atomic E-state index is -0.0924. The molecule has 5 heteroatoms. The molecule has 0 saturated carbocycles. The van der Waals surface area contributed by atoms with E-state index in [1.54, 1.807) is 0 Å². The van der Waals surface area contributed by atoms with Gasteiger partial charge in [-0.1, -0.05) is 31.2 Å². The van der Waals surface area contributed by atoms with Gasteiger partial charge in [0.05, 0.1) is 16.6 Å². The van der Waals surface area contributed by atoms with E-state index in [9.17, 15) is 4.79 Å². The molecule has 134 valence electrons. The zero-order valence-electron chi connectivity index (χ0n) is 15.3. The number of ether oxygens (including phenoxy) is 1. The van der Waals surface area contributed by atoms with Gasteiger partial charge in [0.15, 0.2) is 0 Å². The van der Waals surface area contributed by atoms with Crippen LogP contribution in [0.2, 0.25) is 0 Å². The lowest BCUT2D eigenvalue weighted by Gasteiger charge is -2.11. The van der Waals surface area contributed by atoms with Crippen molar-refractivity contribution in [3.05, 3.63) is 59.4 Å². The van der Waals surface area contributed by atoms with Gasteiger partial charge in [0.2, 0.25) is 0 Å². The Morgan fingerprint density at radius 1 is 1.19 bits per heavy atom. The predicted molar refractivity (Wildman–Crippen MR) is 102 cm³/mol. The summed E-state index contributed by atoms with van der Waals surface area (Å²) in [6, 6.07) is 13.9. The van der Waals surface area contributed by atoms with Crippen LogP contribution in [0, 0.1) is 6.92 Å². The third kappa shape index (κ3) is 2.73. The average molecular weight is 349 g/mol. The average Bonchev–Trinajstić information content (AvgIpc) is 3.11. The number of hydrogen-bond acceptors (Lipinski definition) is 3. The van der Waals surface area contributed by atoms with Gasteiger partial charge in [-0.05, 0) is 32.0 Å². The Hall–Kier alpha value is -2.82. The van der Waals surface area contributed by atoms with Gasteiger partial charge in [-0.3, -0.25) is 4.79 Å². The Balaban J connectivity index is 1.48. The summed E-state index contributed by atoms with van der Waals surface area (Å²) in [4.78, 5) is 17.2. The maximum atomic E-state index is 12.7. The molecule has 1 aromatic heterocycles. The van der Waals surface area contributed by atoms with Crippen LogP contribution < -0.4 is 10.1 Å². The van der Waals surface area contributed by atoms with Gasteiger partial charge >= 0.3 is 0 Å². The number of aromatic nitrogens is 2. The number of imidazole rings is 1. The molecule has 1 aliphatic heterocycles. The molecule has 26 heavy (non-hydrogen) atoms. The fraction of sp³-hybridized carbons (Fsp3) is 0.333. The van der Waals surface area contributed by atoms with E-state index >= 15 is 0 Å². The summed E-state index contributed by atoms with van der Waals surface area (Å²) in [7, 11) is 0. The van der Waals surface area contributed by atoms with Crippen LogP contribution in [-0.4, -0.2) is 28.1 Å². The summed E-state index contributed by atoms with van der Waals surface area (Å²) in [5.41, 5.74) is 3.80. The maximum Gasteiger partial charge on any atom is 0.255 e. The predicted octanol–water partition coefficient (Wildman–Crippen LogP) is 3.66. The highest BCUT2D eigenvalue weighted by molar-refractivity contribution is 5.97. The summed E-state index contributed by atoms with van der Waals surface area (Å²) in [5, 5.41) is 3.02. The molecule has 0 bridgehead atoms. The van der Waals surface area contributed by atoms with Gasteiger partial charge in [-0.25, -0.2) is 4.98 Å². The van der Waals surface area contributed by atoms with Crippen molar-refractivity contribution in [2.24, 2.45) is 0 Å². The van der Waals surface area contributed by atoms with E-state index in [1.807, 2.05) is 50.2 Å². The monoisotopic (exact) mass is 349 g/mol. The van der Waals surface area contributed by atoms with Crippen molar-refractivity contribution in [1.82, 2.24) is 14.9 Å². The lowest BCUT2D eigenvalue weighted by molar-refractivity contribution is 0.0947. The van der Waals surface area contributed by atoms with Crippen LogP contribution in [0.4, 0.5) is 0 Å². The number of benzene rings is 2. The zero-order chi connectivity index (χ0) is 18.3. The van der Waals surface area contributed by atoms with Gasteiger partial charge in [0, 0.05) is 24.6 Å². The number of rotatable bonds is 4. The van der Waals surface area contributed by atoms with E-state index in [0.717, 1.165) is 28.2 Å². The van der Waals surface area contributed by atoms with Crippen LogP contribution in [0.1, 0.15) is 41.5 Å². The first kappa shape index (κ1) is 16.6. The molecular formula is C21H23N3O2. The van der Waals surface area contributed by atoms with Crippen molar-refractivity contribution >= 4 is 16.9 Å². The second kappa shape index (κ2) is 6.48. The van der Waals surface area contributed by atoms with Crippen molar-refractivity contribution in [2.75, 3.05) is 6.54 Å². The minimum Gasteiger partial charge on any atom is -0.489 e. The third-order valence-electron chi connectivity index (χ3n) is 5.25. The fourth-order valence-corrected chi connectivity index (χ4v) is 3.62. The number of aryl methyl sites for hydroxylation is 1. The molecule has 1 aliphatic rings. The van der Waals surface area contributed by atoms with Crippen molar-refractivity contribution in [3.63, 3.8) is 0 Å². The summed E-state index contributed by atoms with van der Waals surface area (Å²) < 4.78 is 8.05. The number of nitrogens with zero attached hydrogens (tertiary/aromatic N) is 2. The van der Waals surface area contributed by atoms with E-state index in [2.05, 4.69) is 27.9 Å². The molecule has 0 unspecified atom stereocenters. The zero-order valence-corrected chi connectivity index (χ0v) is 15.3. The first-order valence-electron chi connectivity index (χ1n) is 9.06. The summed E-state index contributed by atoms with van der Waals surface area (Å²) >= 11 is 0. The molecule has 0 fully saturated rings. The van der Waals surface area contributed by atoms with Crippen LogP contribution >= 0.6 is 0 Å². The van der Waals surface area contributed by atoms with Crippen LogP contribution in [-0.2, 0) is 6.54 Å². The van der Waals surface area contributed by atoms with Gasteiger partial charge in [-0.15, -0.1) is 0 Å². The molecule has 1 N–H and O–H groups in total. The molecular weight excluding hydrogens is 326 g/mol. The van der Waals surface area contributed by atoms with E-state index in [-0.39, 0.29) is 12.0 Å². The molecule has 0 radical (unpaired) electrons. The number of fused-ring (bicyclic) bond motifs is 2. The Bertz CT molecular complexity index is 977. The van der Waals surface area contributed by atoms with Crippen molar-refractivity contribution < 1.29 is 9.53 Å². The largest absolute Gasteiger partial charge is 0.489 e. The SMILES string of the molecule is Cc1nc2ccccc2n1CCNC(=O)c1cccc2c1O[C@@H](C)[C@@H]2C. The Labute approximate surface area is 153 Å². The number of carbonyl (C=O) groups excluding carboxylic acids is 1. The normalized spacial score (nSPS) is 18.6. The molecule has 1 amide bonds. The lowest BCUT2D eigenvalue weighted by Crippen LogP contribution is -2.28. The molecule has 4 rings (SSSR count). The van der Waals surface area contributed by atoms with Crippen LogP contribution in [0.5, 0.6) is 5.75 Å². The number of carbonyl (C=O) groups is 1. The first-order valence-corrected chi connectivity index (χ1v) is 9.06. The van der Waals surface area contributed by atoms with Gasteiger partial charge in [0.25, 0.3) is 5.91 Å². The van der Waals surface area contributed by atoms with Crippen LogP contribution in [0.3, 0.4) is 0 Å². The van der Waals surface area contributed by atoms with E-state index in [1.165, 1.54) is 0 Å². The molecule has 0 spiro atoms. The Morgan fingerprint density at radius 2 is 2.00 bits per heavy atom. The topological polar surface area (TPSA) is 56.2 Å². The quantitative estimate of drug-likeness (QED) is 0.782. The maximum absolute atomic E-state index is 12.7. The van der Waals surface area contributed by atoms with Crippen molar-refractivity contribution in [2.45, 2.75) is 39.3 Å². The van der Waals surface area contributed by atoms with Gasteiger partial charge in [0.1, 0.15) is 17.7 Å². The third-order valence-corrected chi connectivity index (χ3v) is 5.25. The molecule has 2 heterocycles. The molecule has 0 aliphatic carbocycles. The Morgan fingerprint density at radius 3 is 2.85 bits per heavy atom. The van der Waals surface area contributed by atoms with Crippen LogP contribution in [0.15, 0.2) is 42.5 Å². The van der Waals surface area contributed by atoms with Crippen molar-refractivity contribution in [3.8, 4) is 5.75 Å². The van der Waals surface area contributed by atoms with Gasteiger partial charge < -0.3 is 14.6 Å². The minimum absolute atomic E-state index is 0.0924. The van der Waals surface area contributed by atoms with Crippen LogP contribution in [0.25, 0.3) is 11.0 Å². The molecule has 2 aromatic carbocycles. The fourth-order valence-electron chi connectivity index (χ4n) is 3.62. The Kier molecular flexibility index (Phi) is 4.15. The second-order valence-corrected chi connectivity index (χ2v) is 6.89. The molecule has 5 nitrogen and oxygen atoms in total.